The van der Waals surface area contributed by atoms with Crippen molar-refractivity contribution in [1.29, 1.82) is 0 Å². The lowest BCUT2D eigenvalue weighted by atomic mass is 9.88. The minimum Gasteiger partial charge on any atom is -0.343 e. The largest absolute Gasteiger partial charge is 0.405 e. The predicted molar refractivity (Wildman–Crippen MR) is 80.0 cm³/mol. The van der Waals surface area contributed by atoms with Crippen LogP contribution in [0.3, 0.4) is 0 Å². The van der Waals surface area contributed by atoms with Gasteiger partial charge in [0.1, 0.15) is 6.54 Å². The summed E-state index contributed by atoms with van der Waals surface area (Å²) in [6, 6.07) is 5.93. The molecule has 1 aromatic carbocycles. The fourth-order valence-corrected chi connectivity index (χ4v) is 2.63. The highest BCUT2D eigenvalue weighted by Crippen LogP contribution is 2.25. The van der Waals surface area contributed by atoms with Crippen molar-refractivity contribution in [1.82, 2.24) is 5.32 Å². The van der Waals surface area contributed by atoms with Crippen molar-refractivity contribution >= 4 is 17.5 Å². The molecular formula is C16H19F3N2O2. The summed E-state index contributed by atoms with van der Waals surface area (Å²) in [6.07, 6.45) is 0.423. The Morgan fingerprint density at radius 1 is 1.13 bits per heavy atom. The van der Waals surface area contributed by atoms with Gasteiger partial charge in [0.2, 0.25) is 5.91 Å². The van der Waals surface area contributed by atoms with Crippen molar-refractivity contribution in [3.05, 3.63) is 29.8 Å². The summed E-state index contributed by atoms with van der Waals surface area (Å²) >= 11 is 0. The van der Waals surface area contributed by atoms with Gasteiger partial charge in [-0.3, -0.25) is 9.59 Å². The molecule has 2 N–H and O–H groups in total. The number of hydrogen-bond donors (Lipinski definition) is 2. The van der Waals surface area contributed by atoms with Crippen molar-refractivity contribution in [3.8, 4) is 0 Å². The van der Waals surface area contributed by atoms with Crippen LogP contribution in [0.15, 0.2) is 24.3 Å². The third kappa shape index (κ3) is 5.58. The maximum Gasteiger partial charge on any atom is 0.405 e. The molecule has 0 aliphatic heterocycles. The molecule has 2 amide bonds. The summed E-state index contributed by atoms with van der Waals surface area (Å²) in [4.78, 5) is 23.9. The van der Waals surface area contributed by atoms with Gasteiger partial charge in [0.15, 0.2) is 0 Å². The van der Waals surface area contributed by atoms with Gasteiger partial charge in [-0.25, -0.2) is 0 Å². The zero-order valence-electron chi connectivity index (χ0n) is 12.6. The van der Waals surface area contributed by atoms with Gasteiger partial charge in [-0.1, -0.05) is 25.3 Å². The monoisotopic (exact) mass is 328 g/mol. The first-order valence-corrected chi connectivity index (χ1v) is 7.61. The van der Waals surface area contributed by atoms with Crippen LogP contribution in [0.2, 0.25) is 0 Å². The minimum atomic E-state index is -4.46. The van der Waals surface area contributed by atoms with E-state index in [1.54, 1.807) is 11.4 Å². The molecule has 0 heterocycles. The Morgan fingerprint density at radius 2 is 1.83 bits per heavy atom. The molecule has 2 rings (SSSR count). The zero-order valence-corrected chi connectivity index (χ0v) is 12.6. The van der Waals surface area contributed by atoms with Crippen LogP contribution in [0.5, 0.6) is 0 Å². The molecule has 0 radical (unpaired) electrons. The molecule has 1 aromatic rings. The van der Waals surface area contributed by atoms with Crippen LogP contribution in [0, 0.1) is 5.92 Å². The van der Waals surface area contributed by atoms with E-state index in [2.05, 4.69) is 5.32 Å². The molecule has 0 unspecified atom stereocenters. The van der Waals surface area contributed by atoms with Gasteiger partial charge in [-0.2, -0.15) is 13.2 Å². The number of benzene rings is 1. The third-order valence-electron chi connectivity index (χ3n) is 3.82. The Hall–Kier alpha value is -2.05. The highest BCUT2D eigenvalue weighted by molar-refractivity contribution is 5.97. The summed E-state index contributed by atoms with van der Waals surface area (Å²) in [5, 5.41) is 4.54. The van der Waals surface area contributed by atoms with Crippen molar-refractivity contribution < 1.29 is 22.8 Å². The average Bonchev–Trinajstić information content (AvgIpc) is 2.53. The van der Waals surface area contributed by atoms with E-state index in [0.29, 0.717) is 5.69 Å². The summed E-state index contributed by atoms with van der Waals surface area (Å²) < 4.78 is 36.4. The van der Waals surface area contributed by atoms with Crippen LogP contribution >= 0.6 is 0 Å². The second-order valence-electron chi connectivity index (χ2n) is 5.70. The first kappa shape index (κ1) is 17.3. The smallest absolute Gasteiger partial charge is 0.343 e. The molecule has 126 valence electrons. The molecule has 0 spiro atoms. The lowest BCUT2D eigenvalue weighted by Gasteiger charge is -2.20. The number of hydrogen-bond acceptors (Lipinski definition) is 2. The van der Waals surface area contributed by atoms with Crippen molar-refractivity contribution in [2.24, 2.45) is 5.92 Å². The third-order valence-corrected chi connectivity index (χ3v) is 3.82. The van der Waals surface area contributed by atoms with Gasteiger partial charge >= 0.3 is 6.18 Å². The van der Waals surface area contributed by atoms with E-state index in [-0.39, 0.29) is 17.4 Å². The molecule has 0 bridgehead atoms. The Morgan fingerprint density at radius 3 is 2.48 bits per heavy atom. The minimum absolute atomic E-state index is 0.0357. The maximum absolute atomic E-state index is 12.1. The topological polar surface area (TPSA) is 58.2 Å². The van der Waals surface area contributed by atoms with E-state index in [9.17, 15) is 22.8 Å². The molecule has 1 fully saturated rings. The number of amides is 2. The lowest BCUT2D eigenvalue weighted by Crippen LogP contribution is -2.33. The number of nitrogens with one attached hydrogen (secondary N) is 2. The first-order valence-electron chi connectivity index (χ1n) is 7.61. The van der Waals surface area contributed by atoms with E-state index in [4.69, 9.17) is 0 Å². The second kappa shape index (κ2) is 7.48. The van der Waals surface area contributed by atoms with E-state index < -0.39 is 18.6 Å². The molecule has 1 aliphatic carbocycles. The zero-order chi connectivity index (χ0) is 16.9. The maximum atomic E-state index is 12.1. The molecule has 0 atom stereocenters. The predicted octanol–water partition coefficient (Wildman–Crippen LogP) is 3.50. The molecule has 4 nitrogen and oxygen atoms in total. The Kier molecular flexibility index (Phi) is 5.63. The van der Waals surface area contributed by atoms with E-state index >= 15 is 0 Å². The SMILES string of the molecule is O=C(NCC(F)(F)F)c1cccc(NC(=O)C2CCCCC2)c1. The van der Waals surface area contributed by atoms with Crippen LogP contribution in [-0.2, 0) is 4.79 Å². The second-order valence-corrected chi connectivity index (χ2v) is 5.70. The van der Waals surface area contributed by atoms with Crippen molar-refractivity contribution in [2.75, 3.05) is 11.9 Å². The van der Waals surface area contributed by atoms with E-state index in [1.807, 2.05) is 0 Å². The molecule has 1 saturated carbocycles. The molecule has 1 aliphatic rings. The molecule has 0 saturated heterocycles. The summed E-state index contributed by atoms with van der Waals surface area (Å²) in [5.41, 5.74) is 0.496. The number of halogens is 3. The molecular weight excluding hydrogens is 309 g/mol. The number of alkyl halides is 3. The highest BCUT2D eigenvalue weighted by Gasteiger charge is 2.28. The molecule has 0 aromatic heterocycles. The van der Waals surface area contributed by atoms with E-state index in [0.717, 1.165) is 32.1 Å². The normalized spacial score (nSPS) is 16.0. The number of rotatable bonds is 4. The van der Waals surface area contributed by atoms with Crippen molar-refractivity contribution in [3.63, 3.8) is 0 Å². The number of carbonyl (C=O) groups is 2. The van der Waals surface area contributed by atoms with Gasteiger partial charge in [0.05, 0.1) is 0 Å². The van der Waals surface area contributed by atoms with Gasteiger partial charge < -0.3 is 10.6 Å². The van der Waals surface area contributed by atoms with E-state index in [1.165, 1.54) is 18.2 Å². The van der Waals surface area contributed by atoms with Crippen molar-refractivity contribution in [2.45, 2.75) is 38.3 Å². The Labute approximate surface area is 132 Å². The van der Waals surface area contributed by atoms with Crippen LogP contribution in [0.1, 0.15) is 42.5 Å². The van der Waals surface area contributed by atoms with Crippen LogP contribution in [0.4, 0.5) is 18.9 Å². The summed E-state index contributed by atoms with van der Waals surface area (Å²) in [5.74, 6) is -0.958. The Bertz CT molecular complexity index is 567. The van der Waals surface area contributed by atoms with Crippen LogP contribution < -0.4 is 10.6 Å². The standard InChI is InChI=1S/C16H19F3N2O2/c17-16(18,19)10-20-14(22)12-7-4-8-13(9-12)21-15(23)11-5-2-1-3-6-11/h4,7-9,11H,1-3,5-6,10H2,(H,20,22)(H,21,23). The van der Waals surface area contributed by atoms with Gasteiger partial charge in [0, 0.05) is 17.2 Å². The van der Waals surface area contributed by atoms with Crippen LogP contribution in [0.25, 0.3) is 0 Å². The van der Waals surface area contributed by atoms with Gasteiger partial charge in [-0.05, 0) is 31.0 Å². The fraction of sp³-hybridized carbons (Fsp3) is 0.500. The molecule has 23 heavy (non-hydrogen) atoms. The summed E-state index contributed by atoms with van der Waals surface area (Å²) in [7, 11) is 0. The molecule has 7 heteroatoms. The fourth-order valence-electron chi connectivity index (χ4n) is 2.63. The summed E-state index contributed by atoms with van der Waals surface area (Å²) in [6.45, 7) is -1.38. The highest BCUT2D eigenvalue weighted by atomic mass is 19.4. The average molecular weight is 328 g/mol. The Balaban J connectivity index is 1.96. The van der Waals surface area contributed by atoms with Gasteiger partial charge in [0.25, 0.3) is 5.91 Å². The first-order chi connectivity index (χ1) is 10.8. The quantitative estimate of drug-likeness (QED) is 0.889. The number of anilines is 1. The van der Waals surface area contributed by atoms with Gasteiger partial charge in [-0.15, -0.1) is 0 Å². The van der Waals surface area contributed by atoms with Crippen LogP contribution in [-0.4, -0.2) is 24.5 Å². The lowest BCUT2D eigenvalue weighted by molar-refractivity contribution is -0.123. The number of carbonyl (C=O) groups excluding carboxylic acids is 2.